The van der Waals surface area contributed by atoms with Crippen LogP contribution < -0.4 is 20.5 Å². The smallest absolute Gasteiger partial charge is 0.233 e. The molecule has 19 heavy (non-hydrogen) atoms. The van der Waals surface area contributed by atoms with Gasteiger partial charge < -0.3 is 20.5 Å². The topological polar surface area (TPSA) is 82.3 Å². The molecule has 2 aromatic rings. The van der Waals surface area contributed by atoms with Crippen LogP contribution in [0.2, 0.25) is 0 Å². The predicted octanol–water partition coefficient (Wildman–Crippen LogP) is 1.56. The van der Waals surface area contributed by atoms with E-state index in [1.54, 1.807) is 31.6 Å². The van der Waals surface area contributed by atoms with Crippen molar-refractivity contribution in [2.45, 2.75) is 0 Å². The fraction of sp³-hybridized carbons (Fsp3) is 0.231. The van der Waals surface area contributed by atoms with Crippen LogP contribution >= 0.6 is 0 Å². The number of nitrogen functional groups attached to an aromatic ring is 1. The van der Waals surface area contributed by atoms with Crippen molar-refractivity contribution in [3.05, 3.63) is 36.7 Å². The Morgan fingerprint density at radius 3 is 2.74 bits per heavy atom. The van der Waals surface area contributed by atoms with E-state index in [2.05, 4.69) is 15.3 Å². The van der Waals surface area contributed by atoms with E-state index < -0.39 is 0 Å². The Kier molecular flexibility index (Phi) is 4.39. The van der Waals surface area contributed by atoms with Gasteiger partial charge in [0.1, 0.15) is 18.2 Å². The van der Waals surface area contributed by atoms with E-state index in [9.17, 15) is 0 Å². The molecular formula is C13H16N4O2. The number of aromatic nitrogens is 2. The van der Waals surface area contributed by atoms with Crippen molar-refractivity contribution in [1.82, 2.24) is 9.97 Å². The first-order valence-electron chi connectivity index (χ1n) is 5.86. The van der Waals surface area contributed by atoms with Gasteiger partial charge in [-0.05, 0) is 24.3 Å². The number of nitrogens with zero attached hydrogens (tertiary/aromatic N) is 2. The minimum atomic E-state index is 0.476. The van der Waals surface area contributed by atoms with Crippen LogP contribution in [-0.4, -0.2) is 30.2 Å². The Morgan fingerprint density at radius 1 is 1.21 bits per heavy atom. The molecule has 0 amide bonds. The van der Waals surface area contributed by atoms with Crippen LogP contribution in [-0.2, 0) is 0 Å². The van der Waals surface area contributed by atoms with Gasteiger partial charge in [-0.25, -0.2) is 0 Å². The van der Waals surface area contributed by atoms with E-state index in [0.717, 1.165) is 11.4 Å². The number of nitrogens with two attached hydrogens (primary N) is 1. The summed E-state index contributed by atoms with van der Waals surface area (Å²) in [6, 6.07) is 7.27. The normalized spacial score (nSPS) is 9.95. The van der Waals surface area contributed by atoms with Gasteiger partial charge in [0.15, 0.2) is 0 Å². The largest absolute Gasteiger partial charge is 0.492 e. The molecule has 0 fully saturated rings. The molecule has 100 valence electrons. The lowest BCUT2D eigenvalue weighted by Crippen LogP contribution is -2.12. The molecule has 0 bridgehead atoms. The van der Waals surface area contributed by atoms with E-state index in [1.807, 2.05) is 12.1 Å². The zero-order valence-corrected chi connectivity index (χ0v) is 10.7. The third-order valence-corrected chi connectivity index (χ3v) is 2.38. The highest BCUT2D eigenvalue weighted by atomic mass is 16.5. The molecule has 0 spiro atoms. The van der Waals surface area contributed by atoms with Gasteiger partial charge in [-0.15, -0.1) is 0 Å². The predicted molar refractivity (Wildman–Crippen MR) is 73.4 cm³/mol. The number of nitrogens with one attached hydrogen (secondary N) is 1. The molecule has 0 aliphatic rings. The van der Waals surface area contributed by atoms with Gasteiger partial charge in [0, 0.05) is 5.69 Å². The lowest BCUT2D eigenvalue weighted by atomic mass is 10.3. The molecule has 6 heteroatoms. The summed E-state index contributed by atoms with van der Waals surface area (Å²) in [7, 11) is 1.55. The third kappa shape index (κ3) is 4.02. The van der Waals surface area contributed by atoms with E-state index >= 15 is 0 Å². The number of benzene rings is 1. The summed E-state index contributed by atoms with van der Waals surface area (Å²) in [5.41, 5.74) is 6.31. The molecule has 0 unspecified atom stereocenters. The monoisotopic (exact) mass is 260 g/mol. The first-order valence-corrected chi connectivity index (χ1v) is 5.86. The second-order valence-electron chi connectivity index (χ2n) is 3.79. The Bertz CT molecular complexity index is 516. The number of hydrogen-bond acceptors (Lipinski definition) is 6. The molecule has 0 aliphatic heterocycles. The van der Waals surface area contributed by atoms with E-state index in [0.29, 0.717) is 24.8 Å². The Hall–Kier alpha value is -2.50. The highest BCUT2D eigenvalue weighted by Gasteiger charge is 1.98. The maximum atomic E-state index is 5.59. The van der Waals surface area contributed by atoms with Gasteiger partial charge in [-0.3, -0.25) is 4.98 Å². The van der Waals surface area contributed by atoms with Crippen molar-refractivity contribution in [2.24, 2.45) is 0 Å². The van der Waals surface area contributed by atoms with E-state index in [1.165, 1.54) is 0 Å². The fourth-order valence-corrected chi connectivity index (χ4v) is 1.44. The second kappa shape index (κ2) is 6.44. The summed E-state index contributed by atoms with van der Waals surface area (Å²) in [6.45, 7) is 1.13. The van der Waals surface area contributed by atoms with Gasteiger partial charge in [0.2, 0.25) is 5.88 Å². The van der Waals surface area contributed by atoms with Crippen LogP contribution in [0.15, 0.2) is 36.7 Å². The van der Waals surface area contributed by atoms with Crippen molar-refractivity contribution in [1.29, 1.82) is 0 Å². The molecule has 0 aliphatic carbocycles. The minimum absolute atomic E-state index is 0.476. The summed E-state index contributed by atoms with van der Waals surface area (Å²) >= 11 is 0. The number of ether oxygens (including phenoxy) is 2. The standard InChI is InChI=1S/C13H16N4O2/c1-18-13-9-15-8-12(17-13)16-6-7-19-11-4-2-10(14)3-5-11/h2-5,8-9H,6-7,14H2,1H3,(H,16,17). The quantitative estimate of drug-likeness (QED) is 0.606. The Balaban J connectivity index is 1.75. The van der Waals surface area contributed by atoms with Gasteiger partial charge >= 0.3 is 0 Å². The molecule has 3 N–H and O–H groups in total. The van der Waals surface area contributed by atoms with E-state index in [4.69, 9.17) is 15.2 Å². The molecule has 1 heterocycles. The van der Waals surface area contributed by atoms with Crippen LogP contribution in [0.4, 0.5) is 11.5 Å². The Labute approximate surface area is 111 Å². The third-order valence-electron chi connectivity index (χ3n) is 2.38. The first kappa shape index (κ1) is 12.9. The summed E-state index contributed by atoms with van der Waals surface area (Å²) in [5, 5.41) is 3.10. The summed E-state index contributed by atoms with van der Waals surface area (Å²) in [4.78, 5) is 8.18. The number of hydrogen-bond donors (Lipinski definition) is 2. The van der Waals surface area contributed by atoms with Crippen LogP contribution in [0.5, 0.6) is 11.6 Å². The maximum Gasteiger partial charge on any atom is 0.233 e. The first-order chi connectivity index (χ1) is 9.28. The highest BCUT2D eigenvalue weighted by Crippen LogP contribution is 2.13. The lowest BCUT2D eigenvalue weighted by molar-refractivity contribution is 0.332. The molecule has 1 aromatic heterocycles. The average molecular weight is 260 g/mol. The molecule has 6 nitrogen and oxygen atoms in total. The molecule has 0 saturated carbocycles. The number of methoxy groups -OCH3 is 1. The highest BCUT2D eigenvalue weighted by molar-refractivity contribution is 5.41. The van der Waals surface area contributed by atoms with Gasteiger partial charge in [0.05, 0.1) is 26.0 Å². The van der Waals surface area contributed by atoms with Crippen molar-refractivity contribution < 1.29 is 9.47 Å². The molecule has 0 atom stereocenters. The summed E-state index contributed by atoms with van der Waals surface area (Å²) in [6.07, 6.45) is 3.18. The van der Waals surface area contributed by atoms with Gasteiger partial charge in [-0.1, -0.05) is 0 Å². The number of anilines is 2. The molecule has 0 radical (unpaired) electrons. The van der Waals surface area contributed by atoms with Crippen molar-refractivity contribution in [3.63, 3.8) is 0 Å². The SMILES string of the molecule is COc1cncc(NCCOc2ccc(N)cc2)n1. The van der Waals surface area contributed by atoms with Gasteiger partial charge in [-0.2, -0.15) is 4.98 Å². The summed E-state index contributed by atoms with van der Waals surface area (Å²) < 4.78 is 10.5. The molecular weight excluding hydrogens is 244 g/mol. The molecule has 2 rings (SSSR count). The van der Waals surface area contributed by atoms with Crippen LogP contribution in [0.3, 0.4) is 0 Å². The van der Waals surface area contributed by atoms with Crippen molar-refractivity contribution in [2.75, 3.05) is 31.3 Å². The average Bonchev–Trinajstić information content (AvgIpc) is 2.46. The van der Waals surface area contributed by atoms with Crippen molar-refractivity contribution in [3.8, 4) is 11.6 Å². The van der Waals surface area contributed by atoms with Crippen LogP contribution in [0.1, 0.15) is 0 Å². The van der Waals surface area contributed by atoms with Crippen molar-refractivity contribution >= 4 is 11.5 Å². The Morgan fingerprint density at radius 2 is 2.00 bits per heavy atom. The zero-order valence-electron chi connectivity index (χ0n) is 10.7. The van der Waals surface area contributed by atoms with Crippen LogP contribution in [0.25, 0.3) is 0 Å². The van der Waals surface area contributed by atoms with Crippen LogP contribution in [0, 0.1) is 0 Å². The van der Waals surface area contributed by atoms with E-state index in [-0.39, 0.29) is 0 Å². The minimum Gasteiger partial charge on any atom is -0.492 e. The van der Waals surface area contributed by atoms with Gasteiger partial charge in [0.25, 0.3) is 0 Å². The summed E-state index contributed by atoms with van der Waals surface area (Å²) in [5.74, 6) is 1.91. The number of rotatable bonds is 6. The fourth-order valence-electron chi connectivity index (χ4n) is 1.44. The lowest BCUT2D eigenvalue weighted by Gasteiger charge is -2.08. The molecule has 0 saturated heterocycles. The molecule has 1 aromatic carbocycles. The zero-order chi connectivity index (χ0) is 13.5. The maximum absolute atomic E-state index is 5.59. The second-order valence-corrected chi connectivity index (χ2v) is 3.79.